The zero-order chi connectivity index (χ0) is 23.8. The Morgan fingerprint density at radius 2 is 1.88 bits per heavy atom. The molecule has 2 N–H and O–H groups in total. The molecule has 174 valence electrons. The molecule has 1 aromatic carbocycles. The van der Waals surface area contributed by atoms with Gasteiger partial charge in [0, 0.05) is 19.8 Å². The molecule has 1 heterocycles. The minimum atomic E-state index is -1.39. The average molecular weight is 449 g/mol. The molecule has 0 aromatic heterocycles. The molecule has 32 heavy (non-hydrogen) atoms. The monoisotopic (exact) mass is 449 g/mol. The Labute approximate surface area is 186 Å². The lowest BCUT2D eigenvalue weighted by Crippen LogP contribution is -2.53. The zero-order valence-electron chi connectivity index (χ0n) is 18.6. The fraction of sp³-hybridized carbons (Fsp3) is 0.524. The number of ketones is 1. The second-order valence-corrected chi connectivity index (χ2v) is 7.74. The van der Waals surface area contributed by atoms with Crippen molar-refractivity contribution in [3.8, 4) is 5.75 Å². The van der Waals surface area contributed by atoms with Crippen molar-refractivity contribution in [3.63, 3.8) is 0 Å². The fourth-order valence-electron chi connectivity index (χ4n) is 3.08. The van der Waals surface area contributed by atoms with E-state index in [0.717, 1.165) is 0 Å². The Balaban J connectivity index is 2.00. The Bertz CT molecular complexity index is 858. The van der Waals surface area contributed by atoms with Crippen LogP contribution in [0.15, 0.2) is 18.2 Å². The van der Waals surface area contributed by atoms with Crippen LogP contribution in [0.3, 0.4) is 0 Å². The van der Waals surface area contributed by atoms with E-state index in [0.29, 0.717) is 18.4 Å². The number of carbonyl (C=O) groups is 4. The summed E-state index contributed by atoms with van der Waals surface area (Å²) >= 11 is 0. The van der Waals surface area contributed by atoms with E-state index in [1.54, 1.807) is 26.0 Å². The molecule has 1 aromatic rings. The van der Waals surface area contributed by atoms with E-state index < -0.39 is 31.5 Å². The summed E-state index contributed by atoms with van der Waals surface area (Å²) in [5.74, 6) is -1.71. The van der Waals surface area contributed by atoms with E-state index >= 15 is 0 Å². The summed E-state index contributed by atoms with van der Waals surface area (Å²) in [6, 6.07) is 4.77. The van der Waals surface area contributed by atoms with Crippen molar-refractivity contribution in [3.05, 3.63) is 29.3 Å². The largest absolute Gasteiger partial charge is 0.547 e. The van der Waals surface area contributed by atoms with Crippen molar-refractivity contribution in [1.29, 1.82) is 0 Å². The van der Waals surface area contributed by atoms with Crippen molar-refractivity contribution in [2.45, 2.75) is 71.7 Å². The van der Waals surface area contributed by atoms with Gasteiger partial charge in [-0.2, -0.15) is 0 Å². The first-order valence-electron chi connectivity index (χ1n) is 10.4. The molecular formula is C21H28BNO9. The lowest BCUT2D eigenvalue weighted by molar-refractivity contribution is -0.122. The van der Waals surface area contributed by atoms with Crippen LogP contribution in [-0.2, 0) is 30.2 Å². The Morgan fingerprint density at radius 1 is 1.16 bits per heavy atom. The van der Waals surface area contributed by atoms with Crippen LogP contribution in [0.4, 0.5) is 4.79 Å². The number of hydrogen-bond acceptors (Lipinski definition) is 9. The van der Waals surface area contributed by atoms with Crippen LogP contribution >= 0.6 is 0 Å². The number of Topliss-reactive ketones (excluding diaryl/α,β-unsaturated/α-hetero) is 1. The highest BCUT2D eigenvalue weighted by molar-refractivity contribution is 6.47. The van der Waals surface area contributed by atoms with Gasteiger partial charge in [0.15, 0.2) is 0 Å². The van der Waals surface area contributed by atoms with Crippen LogP contribution in [0.25, 0.3) is 0 Å². The van der Waals surface area contributed by atoms with E-state index in [9.17, 15) is 24.2 Å². The van der Waals surface area contributed by atoms with Gasteiger partial charge in [0.1, 0.15) is 17.1 Å². The van der Waals surface area contributed by atoms with Crippen LogP contribution in [0.1, 0.15) is 62.9 Å². The number of fused-ring (bicyclic) bond motifs is 1. The predicted molar refractivity (Wildman–Crippen MR) is 113 cm³/mol. The van der Waals surface area contributed by atoms with Crippen molar-refractivity contribution in [2.75, 3.05) is 0 Å². The first-order chi connectivity index (χ1) is 15.1. The van der Waals surface area contributed by atoms with Crippen LogP contribution in [0.2, 0.25) is 0 Å². The summed E-state index contributed by atoms with van der Waals surface area (Å²) in [6.45, 7) is 6.12. The van der Waals surface area contributed by atoms with E-state index in [-0.39, 0.29) is 41.9 Å². The van der Waals surface area contributed by atoms with Gasteiger partial charge in [0.25, 0.3) is 0 Å². The van der Waals surface area contributed by atoms with Crippen molar-refractivity contribution in [1.82, 2.24) is 5.32 Å². The van der Waals surface area contributed by atoms with Gasteiger partial charge in [-0.3, -0.25) is 4.79 Å². The molecule has 0 saturated carbocycles. The lowest BCUT2D eigenvalue weighted by Gasteiger charge is -2.29. The van der Waals surface area contributed by atoms with Crippen LogP contribution in [0.5, 0.6) is 5.75 Å². The quantitative estimate of drug-likeness (QED) is 0.329. The Hall–Kier alpha value is -3.08. The highest BCUT2D eigenvalue weighted by Gasteiger charge is 2.38. The molecule has 10 nitrogen and oxygen atoms in total. The van der Waals surface area contributed by atoms with Gasteiger partial charge in [0.05, 0.1) is 12.0 Å². The maximum atomic E-state index is 12.6. The van der Waals surface area contributed by atoms with Gasteiger partial charge in [-0.05, 0) is 45.2 Å². The standard InChI is InChI=1S/C21H28BNO9/c1-12(2)29-21(27)31-14(4)30-20(26)16-9-6-8-15-11-17(22(28)32-19(15)16)23-18(25)10-5-7-13(3)24/h6,8-9,12,14,17,28H,5,7,10-11H2,1-4H3,(H,23,25). The highest BCUT2D eigenvalue weighted by Crippen LogP contribution is 2.31. The number of amides is 1. The van der Waals surface area contributed by atoms with Crippen molar-refractivity contribution >= 4 is 30.9 Å². The smallest absolute Gasteiger partial charge is 0.534 e. The molecule has 1 amide bonds. The number of esters is 1. The van der Waals surface area contributed by atoms with Crippen LogP contribution in [-0.4, -0.2) is 54.3 Å². The van der Waals surface area contributed by atoms with E-state index in [2.05, 4.69) is 5.32 Å². The SMILES string of the molecule is CC(=O)CCCC(=O)NC1Cc2cccc(C(=O)OC(C)OC(=O)OC(C)C)c2OB1O. The summed E-state index contributed by atoms with van der Waals surface area (Å²) in [4.78, 5) is 47.2. The molecule has 0 radical (unpaired) electrons. The zero-order valence-corrected chi connectivity index (χ0v) is 18.6. The third-order valence-electron chi connectivity index (χ3n) is 4.49. The molecule has 0 spiro atoms. The number of nitrogens with one attached hydrogen (secondary N) is 1. The third-order valence-corrected chi connectivity index (χ3v) is 4.49. The summed E-state index contributed by atoms with van der Waals surface area (Å²) in [7, 11) is -1.39. The van der Waals surface area contributed by atoms with Gasteiger partial charge >= 0.3 is 19.2 Å². The number of ether oxygens (including phenoxy) is 3. The van der Waals surface area contributed by atoms with Gasteiger partial charge in [-0.15, -0.1) is 0 Å². The third kappa shape index (κ3) is 7.56. The number of rotatable bonds is 9. The molecule has 1 aliphatic heterocycles. The minimum Gasteiger partial charge on any atom is -0.534 e. The predicted octanol–water partition coefficient (Wildman–Crippen LogP) is 1.95. The summed E-state index contributed by atoms with van der Waals surface area (Å²) in [5.41, 5.74) is 0.632. The minimum absolute atomic E-state index is 0.00343. The lowest BCUT2D eigenvalue weighted by atomic mass is 9.72. The molecule has 0 fully saturated rings. The Kier molecular flexibility index (Phi) is 9.07. The van der Waals surface area contributed by atoms with Crippen LogP contribution in [0, 0.1) is 0 Å². The van der Waals surface area contributed by atoms with Crippen LogP contribution < -0.4 is 9.97 Å². The van der Waals surface area contributed by atoms with Gasteiger partial charge < -0.3 is 34.0 Å². The average Bonchev–Trinajstić information content (AvgIpc) is 2.66. The molecule has 2 rings (SSSR count). The molecular weight excluding hydrogens is 421 g/mol. The number of carbonyl (C=O) groups excluding carboxylic acids is 4. The normalized spacial score (nSPS) is 15.8. The van der Waals surface area contributed by atoms with Gasteiger partial charge in [0.2, 0.25) is 12.2 Å². The van der Waals surface area contributed by atoms with Gasteiger partial charge in [-0.25, -0.2) is 9.59 Å². The molecule has 11 heteroatoms. The summed E-state index contributed by atoms with van der Waals surface area (Å²) < 4.78 is 20.3. The van der Waals surface area contributed by atoms with Crippen molar-refractivity contribution in [2.24, 2.45) is 0 Å². The number of para-hydroxylation sites is 1. The number of benzene rings is 1. The number of hydrogen-bond donors (Lipinski definition) is 2. The maximum absolute atomic E-state index is 12.6. The second-order valence-electron chi connectivity index (χ2n) is 7.74. The second kappa shape index (κ2) is 11.5. The first kappa shape index (κ1) is 25.2. The topological polar surface area (TPSA) is 137 Å². The molecule has 1 aliphatic rings. The Morgan fingerprint density at radius 3 is 2.53 bits per heavy atom. The summed E-state index contributed by atoms with van der Waals surface area (Å²) in [5, 5.41) is 13.0. The highest BCUT2D eigenvalue weighted by atomic mass is 16.8. The van der Waals surface area contributed by atoms with E-state index in [1.807, 2.05) is 0 Å². The van der Waals surface area contributed by atoms with Gasteiger partial charge in [-0.1, -0.05) is 12.1 Å². The molecule has 2 atom stereocenters. The fourth-order valence-corrected chi connectivity index (χ4v) is 3.08. The molecule has 2 unspecified atom stereocenters. The van der Waals surface area contributed by atoms with Crippen molar-refractivity contribution < 1.29 is 43.1 Å². The molecule has 0 aliphatic carbocycles. The van der Waals surface area contributed by atoms with E-state index in [4.69, 9.17) is 18.9 Å². The maximum Gasteiger partial charge on any atom is 0.547 e. The first-order valence-corrected chi connectivity index (χ1v) is 10.4. The summed E-state index contributed by atoms with van der Waals surface area (Å²) in [6.07, 6.45) is -1.46. The molecule has 0 saturated heterocycles. The van der Waals surface area contributed by atoms with E-state index in [1.165, 1.54) is 19.9 Å². The molecule has 0 bridgehead atoms.